The van der Waals surface area contributed by atoms with Crippen molar-refractivity contribution in [1.82, 2.24) is 15.3 Å². The molecule has 1 saturated heterocycles. The number of aromatic nitrogens is 2. The van der Waals surface area contributed by atoms with E-state index >= 15 is 0 Å². The van der Waals surface area contributed by atoms with E-state index in [1.807, 2.05) is 4.90 Å². The second-order valence-electron chi connectivity index (χ2n) is 8.51. The van der Waals surface area contributed by atoms with Gasteiger partial charge in [-0.25, -0.2) is 14.8 Å². The maximum atomic E-state index is 12.6. The number of ether oxygens (including phenoxy) is 1. The maximum absolute atomic E-state index is 12.6. The van der Waals surface area contributed by atoms with E-state index < -0.39 is 23.4 Å². The van der Waals surface area contributed by atoms with Crippen LogP contribution in [0.3, 0.4) is 0 Å². The monoisotopic (exact) mass is 445 g/mol. The molecule has 1 aromatic rings. The van der Waals surface area contributed by atoms with Gasteiger partial charge in [-0.15, -0.1) is 0 Å². The average Bonchev–Trinajstić information content (AvgIpc) is 2.66. The van der Waals surface area contributed by atoms with E-state index in [1.165, 1.54) is 6.21 Å². The van der Waals surface area contributed by atoms with Crippen LogP contribution in [-0.2, 0) is 15.8 Å². The Morgan fingerprint density at radius 2 is 1.90 bits per heavy atom. The molecule has 0 spiro atoms. The lowest BCUT2D eigenvalue weighted by atomic mass is 9.94. The summed E-state index contributed by atoms with van der Waals surface area (Å²) >= 11 is 0. The fraction of sp³-hybridized carbons (Fsp3) is 0.700. The highest BCUT2D eigenvalue weighted by molar-refractivity contribution is 5.74. The van der Waals surface area contributed by atoms with Crippen LogP contribution in [0.2, 0.25) is 0 Å². The molecule has 1 aromatic heterocycles. The van der Waals surface area contributed by atoms with E-state index in [9.17, 15) is 18.0 Å². The molecule has 0 saturated carbocycles. The van der Waals surface area contributed by atoms with Crippen LogP contribution in [0.4, 0.5) is 23.9 Å². The van der Waals surface area contributed by atoms with E-state index in [4.69, 9.17) is 9.57 Å². The summed E-state index contributed by atoms with van der Waals surface area (Å²) in [6.07, 6.45) is 0.731. The number of rotatable bonds is 7. The Morgan fingerprint density at radius 1 is 1.29 bits per heavy atom. The third-order valence-corrected chi connectivity index (χ3v) is 4.58. The standard InChI is InChI=1S/C20H30F3N5O3/c1-14(27-18(29)31-19(2,3)4)11-26-30-10-7-15-5-8-28(9-6-15)17-24-12-16(13-25-17)20(21,22)23/h11-15H,5-10H2,1-4H3,(H,27,29). The summed E-state index contributed by atoms with van der Waals surface area (Å²) in [7, 11) is 0. The average molecular weight is 445 g/mol. The zero-order valence-electron chi connectivity index (χ0n) is 18.3. The molecule has 174 valence electrons. The third kappa shape index (κ3) is 8.97. The lowest BCUT2D eigenvalue weighted by Gasteiger charge is -2.31. The molecule has 0 aromatic carbocycles. The van der Waals surface area contributed by atoms with Gasteiger partial charge in [0.25, 0.3) is 0 Å². The molecular formula is C20H30F3N5O3. The van der Waals surface area contributed by atoms with Gasteiger partial charge in [-0.1, -0.05) is 5.16 Å². The molecular weight excluding hydrogens is 415 g/mol. The van der Waals surface area contributed by atoms with E-state index in [0.29, 0.717) is 31.6 Å². The number of anilines is 1. The summed E-state index contributed by atoms with van der Waals surface area (Å²) < 4.78 is 43.0. The van der Waals surface area contributed by atoms with Crippen molar-refractivity contribution in [1.29, 1.82) is 0 Å². The number of carbonyl (C=O) groups excluding carboxylic acids is 1. The van der Waals surface area contributed by atoms with Crippen molar-refractivity contribution in [3.05, 3.63) is 18.0 Å². The van der Waals surface area contributed by atoms with Gasteiger partial charge in [0.2, 0.25) is 5.95 Å². The molecule has 1 fully saturated rings. The number of nitrogens with one attached hydrogen (secondary N) is 1. The first-order valence-electron chi connectivity index (χ1n) is 10.2. The first-order chi connectivity index (χ1) is 14.4. The summed E-state index contributed by atoms with van der Waals surface area (Å²) in [6.45, 7) is 8.92. The fourth-order valence-electron chi connectivity index (χ4n) is 2.99. The fourth-order valence-corrected chi connectivity index (χ4v) is 2.99. The molecule has 11 heteroatoms. The number of halogens is 3. The van der Waals surface area contributed by atoms with Crippen LogP contribution in [-0.4, -0.2) is 53.6 Å². The molecule has 1 unspecified atom stereocenters. The van der Waals surface area contributed by atoms with Crippen LogP contribution < -0.4 is 10.2 Å². The number of hydrogen-bond acceptors (Lipinski definition) is 7. The Morgan fingerprint density at radius 3 is 2.45 bits per heavy atom. The first kappa shape index (κ1) is 24.7. The molecule has 1 atom stereocenters. The number of amides is 1. The number of oxime groups is 1. The summed E-state index contributed by atoms with van der Waals surface area (Å²) in [4.78, 5) is 26.5. The van der Waals surface area contributed by atoms with E-state index in [1.54, 1.807) is 27.7 Å². The predicted molar refractivity (Wildman–Crippen MR) is 110 cm³/mol. The minimum absolute atomic E-state index is 0.318. The van der Waals surface area contributed by atoms with Gasteiger partial charge in [-0.2, -0.15) is 13.2 Å². The van der Waals surface area contributed by atoms with Gasteiger partial charge in [-0.05, 0) is 52.9 Å². The zero-order chi connectivity index (χ0) is 23.1. The highest BCUT2D eigenvalue weighted by Gasteiger charge is 2.32. The van der Waals surface area contributed by atoms with Crippen molar-refractivity contribution in [3.8, 4) is 0 Å². The Labute approximate surface area is 180 Å². The van der Waals surface area contributed by atoms with E-state index in [2.05, 4.69) is 20.4 Å². The molecule has 0 aliphatic carbocycles. The molecule has 1 amide bonds. The molecule has 2 rings (SSSR count). The Hall–Kier alpha value is -2.59. The summed E-state index contributed by atoms with van der Waals surface area (Å²) in [5.74, 6) is 0.747. The van der Waals surface area contributed by atoms with Crippen LogP contribution in [0, 0.1) is 5.92 Å². The second kappa shape index (κ2) is 10.6. The lowest BCUT2D eigenvalue weighted by Crippen LogP contribution is -2.38. The van der Waals surface area contributed by atoms with Crippen molar-refractivity contribution in [2.24, 2.45) is 11.1 Å². The third-order valence-electron chi connectivity index (χ3n) is 4.58. The smallest absolute Gasteiger partial charge is 0.419 e. The topological polar surface area (TPSA) is 88.9 Å². The normalized spacial score (nSPS) is 16.9. The Balaban J connectivity index is 1.64. The highest BCUT2D eigenvalue weighted by Crippen LogP contribution is 2.29. The summed E-state index contributed by atoms with van der Waals surface area (Å²) in [5.41, 5.74) is -1.41. The van der Waals surface area contributed by atoms with Crippen molar-refractivity contribution in [2.75, 3.05) is 24.6 Å². The van der Waals surface area contributed by atoms with Gasteiger partial charge in [0, 0.05) is 25.5 Å². The molecule has 0 bridgehead atoms. The lowest BCUT2D eigenvalue weighted by molar-refractivity contribution is -0.138. The molecule has 0 radical (unpaired) electrons. The number of alkyl carbamates (subject to hydrolysis) is 1. The number of piperidine rings is 1. The van der Waals surface area contributed by atoms with Gasteiger partial charge in [-0.3, -0.25) is 0 Å². The van der Waals surface area contributed by atoms with Gasteiger partial charge in [0.05, 0.1) is 17.8 Å². The molecule has 1 aliphatic heterocycles. The predicted octanol–water partition coefficient (Wildman–Crippen LogP) is 4.02. The molecule has 31 heavy (non-hydrogen) atoms. The van der Waals surface area contributed by atoms with Crippen molar-refractivity contribution in [2.45, 2.75) is 64.8 Å². The number of nitrogens with zero attached hydrogens (tertiary/aromatic N) is 4. The number of hydrogen-bond donors (Lipinski definition) is 1. The highest BCUT2D eigenvalue weighted by atomic mass is 19.4. The Kier molecular flexibility index (Phi) is 8.46. The maximum Gasteiger partial charge on any atom is 0.419 e. The number of alkyl halides is 3. The number of carbonyl (C=O) groups is 1. The minimum Gasteiger partial charge on any atom is -0.444 e. The van der Waals surface area contributed by atoms with Crippen LogP contribution in [0.15, 0.2) is 17.5 Å². The summed E-state index contributed by atoms with van der Waals surface area (Å²) in [6, 6.07) is -0.332. The molecule has 1 aliphatic rings. The van der Waals surface area contributed by atoms with Crippen molar-refractivity contribution >= 4 is 18.3 Å². The molecule has 2 heterocycles. The van der Waals surface area contributed by atoms with Gasteiger partial charge >= 0.3 is 12.3 Å². The van der Waals surface area contributed by atoms with Crippen LogP contribution in [0.1, 0.15) is 52.5 Å². The van der Waals surface area contributed by atoms with E-state index in [0.717, 1.165) is 31.7 Å². The minimum atomic E-state index is -4.43. The van der Waals surface area contributed by atoms with Crippen LogP contribution >= 0.6 is 0 Å². The van der Waals surface area contributed by atoms with Crippen LogP contribution in [0.5, 0.6) is 0 Å². The van der Waals surface area contributed by atoms with Gasteiger partial charge in [0.15, 0.2) is 0 Å². The zero-order valence-corrected chi connectivity index (χ0v) is 18.3. The summed E-state index contributed by atoms with van der Waals surface area (Å²) in [5, 5.41) is 6.52. The van der Waals surface area contributed by atoms with Gasteiger partial charge < -0.3 is 19.8 Å². The van der Waals surface area contributed by atoms with Crippen LogP contribution in [0.25, 0.3) is 0 Å². The molecule has 1 N–H and O–H groups in total. The van der Waals surface area contributed by atoms with Crippen molar-refractivity contribution in [3.63, 3.8) is 0 Å². The van der Waals surface area contributed by atoms with Gasteiger partial charge in [0.1, 0.15) is 12.2 Å². The van der Waals surface area contributed by atoms with Crippen molar-refractivity contribution < 1.29 is 27.5 Å². The quantitative estimate of drug-likeness (QED) is 0.387. The van der Waals surface area contributed by atoms with E-state index in [-0.39, 0.29) is 6.04 Å². The largest absolute Gasteiger partial charge is 0.444 e. The Bertz CT molecular complexity index is 727. The first-order valence-corrected chi connectivity index (χ1v) is 10.2. The molecule has 8 nitrogen and oxygen atoms in total. The second-order valence-corrected chi connectivity index (χ2v) is 8.51. The SMILES string of the molecule is CC(C=NOCCC1CCN(c2ncc(C(F)(F)F)cn2)CC1)NC(=O)OC(C)(C)C.